The van der Waals surface area contributed by atoms with E-state index in [1.165, 1.54) is 4.90 Å². The van der Waals surface area contributed by atoms with Crippen molar-refractivity contribution in [1.82, 2.24) is 20.1 Å². The van der Waals surface area contributed by atoms with Crippen LogP contribution in [0.2, 0.25) is 5.02 Å². The minimum absolute atomic E-state index is 0.112. The van der Waals surface area contributed by atoms with E-state index < -0.39 is 41.8 Å². The number of hydrogen-bond donors (Lipinski definition) is 2. The van der Waals surface area contributed by atoms with Crippen molar-refractivity contribution in [1.29, 1.82) is 0 Å². The van der Waals surface area contributed by atoms with Crippen LogP contribution in [0.25, 0.3) is 0 Å². The first-order valence-corrected chi connectivity index (χ1v) is 14.5. The highest BCUT2D eigenvalue weighted by atomic mass is 35.5. The molecule has 3 heterocycles. The summed E-state index contributed by atoms with van der Waals surface area (Å²) in [6.45, 7) is 6.09. The third kappa shape index (κ3) is 6.73. The van der Waals surface area contributed by atoms with Crippen LogP contribution >= 0.6 is 11.6 Å². The number of ketones is 1. The maximum absolute atomic E-state index is 14.5. The summed E-state index contributed by atoms with van der Waals surface area (Å²) in [6, 6.07) is 14.0. The number of hydrogen-bond acceptors (Lipinski definition) is 7. The molecule has 12 heteroatoms. The lowest BCUT2D eigenvalue weighted by atomic mass is 9.94. The fourth-order valence-electron chi connectivity index (χ4n) is 5.25. The van der Waals surface area contributed by atoms with Crippen molar-refractivity contribution in [3.63, 3.8) is 0 Å². The van der Waals surface area contributed by atoms with Crippen molar-refractivity contribution in [3.8, 4) is 5.75 Å². The van der Waals surface area contributed by atoms with Gasteiger partial charge in [0.1, 0.15) is 29.8 Å². The van der Waals surface area contributed by atoms with Crippen LogP contribution in [0.5, 0.6) is 5.75 Å². The summed E-state index contributed by atoms with van der Waals surface area (Å²) in [5, 5.41) is 3.30. The number of primary amides is 1. The lowest BCUT2D eigenvalue weighted by Gasteiger charge is -2.36. The zero-order valence-electron chi connectivity index (χ0n) is 24.6. The number of carbonyl (C=O) groups is 4. The van der Waals surface area contributed by atoms with Gasteiger partial charge >= 0.3 is 6.03 Å². The molecule has 2 aliphatic heterocycles. The summed E-state index contributed by atoms with van der Waals surface area (Å²) in [4.78, 5) is 63.6. The van der Waals surface area contributed by atoms with E-state index in [9.17, 15) is 19.2 Å². The van der Waals surface area contributed by atoms with Gasteiger partial charge in [0.2, 0.25) is 11.8 Å². The number of urea groups is 1. The number of nitrogens with zero attached hydrogens (tertiary/aromatic N) is 4. The number of aromatic nitrogens is 1. The molecular formula is C32H33ClN6O5. The maximum Gasteiger partial charge on any atom is 0.326 e. The standard InChI is InChI=1S/C32H33ClN6O5/c1-32(2,3)44-25-15-20(24(40)16-26(34)41)8-11-23(25)30-37-28(21-5-4-12-35-17-21)29(19-6-9-22(33)10-7-19)39(30)31(43)38-14-13-36-27(42)18-38/h4-12,15,17,28-29H,13-14,16,18H2,1-3H3,(H2,34,41)(H,36,42). The number of amides is 4. The summed E-state index contributed by atoms with van der Waals surface area (Å²) in [5.74, 6) is -0.880. The van der Waals surface area contributed by atoms with Crippen LogP contribution < -0.4 is 15.8 Å². The van der Waals surface area contributed by atoms with Crippen LogP contribution in [-0.2, 0) is 9.59 Å². The number of halogens is 1. The van der Waals surface area contributed by atoms with Crippen LogP contribution in [0.1, 0.15) is 66.3 Å². The molecular weight excluding hydrogens is 584 g/mol. The zero-order chi connectivity index (χ0) is 31.6. The Kier molecular flexibility index (Phi) is 8.68. The molecule has 0 spiro atoms. The number of pyridine rings is 1. The quantitative estimate of drug-likeness (QED) is 0.302. The highest BCUT2D eigenvalue weighted by Gasteiger charge is 2.45. The summed E-state index contributed by atoms with van der Waals surface area (Å²) in [7, 11) is 0. The summed E-state index contributed by atoms with van der Waals surface area (Å²) >= 11 is 6.24. The molecule has 2 aromatic carbocycles. The molecule has 5 rings (SSSR count). The molecule has 44 heavy (non-hydrogen) atoms. The minimum Gasteiger partial charge on any atom is -0.487 e. The number of Topliss-reactive ketones (excluding diaryl/α,β-unsaturated/α-hetero) is 1. The molecule has 0 bridgehead atoms. The molecule has 0 aliphatic carbocycles. The molecule has 2 unspecified atom stereocenters. The number of amidine groups is 1. The summed E-state index contributed by atoms with van der Waals surface area (Å²) < 4.78 is 6.33. The second-order valence-corrected chi connectivity index (χ2v) is 12.0. The maximum atomic E-state index is 14.5. The molecule has 1 aromatic heterocycles. The number of ether oxygens (including phenoxy) is 1. The van der Waals surface area contributed by atoms with E-state index in [-0.39, 0.29) is 18.0 Å². The van der Waals surface area contributed by atoms with E-state index >= 15 is 0 Å². The number of nitrogens with one attached hydrogen (secondary N) is 1. The van der Waals surface area contributed by atoms with Gasteiger partial charge < -0.3 is 20.7 Å². The van der Waals surface area contributed by atoms with Gasteiger partial charge in [0.05, 0.1) is 18.0 Å². The third-order valence-electron chi connectivity index (χ3n) is 7.11. The second kappa shape index (κ2) is 12.5. The van der Waals surface area contributed by atoms with Gasteiger partial charge in [-0.1, -0.05) is 35.9 Å². The van der Waals surface area contributed by atoms with E-state index in [1.54, 1.807) is 53.7 Å². The third-order valence-corrected chi connectivity index (χ3v) is 7.37. The van der Waals surface area contributed by atoms with Gasteiger partial charge in [-0.2, -0.15) is 0 Å². The van der Waals surface area contributed by atoms with Crippen molar-refractivity contribution in [2.24, 2.45) is 10.7 Å². The number of aliphatic imine (C=N–C) groups is 1. The lowest BCUT2D eigenvalue weighted by Crippen LogP contribution is -2.55. The Morgan fingerprint density at radius 3 is 2.48 bits per heavy atom. The van der Waals surface area contributed by atoms with Gasteiger partial charge in [-0.05, 0) is 62.2 Å². The normalized spacial score (nSPS) is 18.5. The minimum atomic E-state index is -0.745. The largest absolute Gasteiger partial charge is 0.487 e. The van der Waals surface area contributed by atoms with E-state index in [2.05, 4.69) is 10.3 Å². The molecule has 0 radical (unpaired) electrons. The van der Waals surface area contributed by atoms with Crippen LogP contribution in [0, 0.1) is 0 Å². The first-order chi connectivity index (χ1) is 20.9. The molecule has 228 valence electrons. The number of benzene rings is 2. The molecule has 1 saturated heterocycles. The average molecular weight is 617 g/mol. The van der Waals surface area contributed by atoms with Crippen LogP contribution in [0.3, 0.4) is 0 Å². The monoisotopic (exact) mass is 616 g/mol. The average Bonchev–Trinajstić information content (AvgIpc) is 3.36. The summed E-state index contributed by atoms with van der Waals surface area (Å²) in [5.41, 5.74) is 6.80. The Morgan fingerprint density at radius 2 is 1.84 bits per heavy atom. The van der Waals surface area contributed by atoms with Gasteiger partial charge in [-0.25, -0.2) is 4.79 Å². The molecule has 11 nitrogen and oxygen atoms in total. The molecule has 3 N–H and O–H groups in total. The Hall–Kier alpha value is -4.77. The summed E-state index contributed by atoms with van der Waals surface area (Å²) in [6.07, 6.45) is 2.90. The van der Waals surface area contributed by atoms with Crippen LogP contribution in [-0.4, -0.2) is 69.5 Å². The topological polar surface area (TPSA) is 147 Å². The van der Waals surface area contributed by atoms with E-state index in [0.717, 1.165) is 11.1 Å². The van der Waals surface area contributed by atoms with Crippen LogP contribution in [0.4, 0.5) is 4.79 Å². The van der Waals surface area contributed by atoms with E-state index in [0.29, 0.717) is 35.3 Å². The first-order valence-electron chi connectivity index (χ1n) is 14.1. The lowest BCUT2D eigenvalue weighted by molar-refractivity contribution is -0.123. The fraction of sp³-hybridized carbons (Fsp3) is 0.312. The van der Waals surface area contributed by atoms with Gasteiger partial charge in [0.25, 0.3) is 0 Å². The molecule has 3 aromatic rings. The molecule has 0 saturated carbocycles. The fourth-order valence-corrected chi connectivity index (χ4v) is 5.38. The second-order valence-electron chi connectivity index (χ2n) is 11.6. The first kappa shape index (κ1) is 30.7. The zero-order valence-corrected chi connectivity index (χ0v) is 25.4. The Labute approximate surface area is 260 Å². The predicted molar refractivity (Wildman–Crippen MR) is 164 cm³/mol. The van der Waals surface area contributed by atoms with Crippen molar-refractivity contribution in [3.05, 3.63) is 94.3 Å². The van der Waals surface area contributed by atoms with Crippen molar-refractivity contribution >= 4 is 41.1 Å². The van der Waals surface area contributed by atoms with E-state index in [4.69, 9.17) is 27.1 Å². The van der Waals surface area contributed by atoms with Gasteiger partial charge in [-0.15, -0.1) is 0 Å². The van der Waals surface area contributed by atoms with Crippen molar-refractivity contribution in [2.75, 3.05) is 19.6 Å². The van der Waals surface area contributed by atoms with Gasteiger partial charge in [0, 0.05) is 36.1 Å². The highest BCUT2D eigenvalue weighted by Crippen LogP contribution is 2.45. The highest BCUT2D eigenvalue weighted by molar-refractivity contribution is 6.30. The Balaban J connectivity index is 1.71. The molecule has 2 aliphatic rings. The predicted octanol–water partition coefficient (Wildman–Crippen LogP) is 4.07. The molecule has 4 amide bonds. The molecule has 2 atom stereocenters. The Bertz CT molecular complexity index is 1620. The van der Waals surface area contributed by atoms with E-state index in [1.807, 2.05) is 39.0 Å². The van der Waals surface area contributed by atoms with Gasteiger partial charge in [-0.3, -0.25) is 29.3 Å². The SMILES string of the molecule is CC(C)(C)Oc1cc(C(=O)CC(N)=O)ccc1C1=NC(c2cccnc2)C(c2ccc(Cl)cc2)N1C(=O)N1CCNC(=O)C1. The van der Waals surface area contributed by atoms with Gasteiger partial charge in [0.15, 0.2) is 5.78 Å². The number of rotatable bonds is 7. The number of nitrogens with two attached hydrogens (primary N) is 1. The molecule has 1 fully saturated rings. The Morgan fingerprint density at radius 1 is 1.09 bits per heavy atom. The van der Waals surface area contributed by atoms with Crippen molar-refractivity contribution < 1.29 is 23.9 Å². The van der Waals surface area contributed by atoms with Crippen molar-refractivity contribution in [2.45, 2.75) is 44.9 Å². The van der Waals surface area contributed by atoms with Crippen LogP contribution in [0.15, 0.2) is 72.0 Å². The number of carbonyl (C=O) groups excluding carboxylic acids is 4. The smallest absolute Gasteiger partial charge is 0.326 e. The number of piperazine rings is 1.